The highest BCUT2D eigenvalue weighted by Gasteiger charge is 2.09. The average molecular weight is 266 g/mol. The monoisotopic (exact) mass is 266 g/mol. The van der Waals surface area contributed by atoms with Gasteiger partial charge >= 0.3 is 0 Å². The largest absolute Gasteiger partial charge is 0.382 e. The Morgan fingerprint density at radius 1 is 0.611 bits per heavy atom. The summed E-state index contributed by atoms with van der Waals surface area (Å²) in [6.45, 7) is 3.87. The maximum Gasteiger partial charge on any atom is 0.160 e. The lowest BCUT2D eigenvalue weighted by Gasteiger charge is -2.18. The van der Waals surface area contributed by atoms with Gasteiger partial charge in [-0.3, -0.25) is 0 Å². The fourth-order valence-electron chi connectivity index (χ4n) is 1.16. The maximum atomic E-state index is 5.52. The van der Waals surface area contributed by atoms with Gasteiger partial charge in [0.15, 0.2) is 6.29 Å². The van der Waals surface area contributed by atoms with Crippen LogP contribution in [0.15, 0.2) is 0 Å². The quantitative estimate of drug-likeness (QED) is 0.341. The van der Waals surface area contributed by atoms with E-state index in [0.29, 0.717) is 52.7 Å². The van der Waals surface area contributed by atoms with Crippen LogP contribution in [0, 0.1) is 0 Å². The van der Waals surface area contributed by atoms with Crippen LogP contribution in [0.4, 0.5) is 0 Å². The summed E-state index contributed by atoms with van der Waals surface area (Å²) >= 11 is 0. The molecule has 0 aromatic carbocycles. The van der Waals surface area contributed by atoms with Gasteiger partial charge in [0.2, 0.25) is 0 Å². The molecule has 0 saturated carbocycles. The lowest BCUT2D eigenvalue weighted by atomic mass is 10.4. The summed E-state index contributed by atoms with van der Waals surface area (Å²) in [5.41, 5.74) is 0. The second-order valence-corrected chi connectivity index (χ2v) is 3.55. The second-order valence-electron chi connectivity index (χ2n) is 3.55. The van der Waals surface area contributed by atoms with E-state index in [1.165, 1.54) is 0 Å². The summed E-state index contributed by atoms with van der Waals surface area (Å²) < 4.78 is 31.1. The van der Waals surface area contributed by atoms with E-state index in [2.05, 4.69) is 0 Å². The molecule has 0 aliphatic carbocycles. The van der Waals surface area contributed by atoms with Gasteiger partial charge in [-0.1, -0.05) is 0 Å². The highest BCUT2D eigenvalue weighted by molar-refractivity contribution is 4.46. The van der Waals surface area contributed by atoms with Crippen molar-refractivity contribution in [1.29, 1.82) is 0 Å². The number of methoxy groups -OCH3 is 3. The molecule has 0 aliphatic rings. The smallest absolute Gasteiger partial charge is 0.160 e. The Morgan fingerprint density at radius 3 is 1.61 bits per heavy atom. The van der Waals surface area contributed by atoms with Gasteiger partial charge in [0.1, 0.15) is 0 Å². The van der Waals surface area contributed by atoms with Crippen molar-refractivity contribution < 1.29 is 28.4 Å². The van der Waals surface area contributed by atoms with Crippen LogP contribution in [0.25, 0.3) is 0 Å². The predicted molar refractivity (Wildman–Crippen MR) is 66.8 cm³/mol. The van der Waals surface area contributed by atoms with Crippen LogP contribution in [0.2, 0.25) is 0 Å². The van der Waals surface area contributed by atoms with Gasteiger partial charge in [0, 0.05) is 27.8 Å². The molecule has 0 amide bonds. The molecular weight excluding hydrogens is 240 g/mol. The van der Waals surface area contributed by atoms with Crippen LogP contribution >= 0.6 is 0 Å². The van der Waals surface area contributed by atoms with Gasteiger partial charge in [-0.05, 0) is 0 Å². The van der Waals surface area contributed by atoms with Crippen molar-refractivity contribution >= 4 is 0 Å². The van der Waals surface area contributed by atoms with E-state index in [1.54, 1.807) is 21.3 Å². The minimum absolute atomic E-state index is 0.280. The molecule has 0 N–H and O–H groups in total. The molecule has 0 rings (SSSR count). The lowest BCUT2D eigenvalue weighted by molar-refractivity contribution is -0.164. The summed E-state index contributed by atoms with van der Waals surface area (Å²) in [6, 6.07) is 0. The first kappa shape index (κ1) is 17.8. The Bertz CT molecular complexity index is 146. The van der Waals surface area contributed by atoms with Crippen molar-refractivity contribution in [3.63, 3.8) is 0 Å². The molecule has 0 atom stereocenters. The Kier molecular flexibility index (Phi) is 14.6. The Morgan fingerprint density at radius 2 is 1.11 bits per heavy atom. The molecule has 18 heavy (non-hydrogen) atoms. The molecule has 0 unspecified atom stereocenters. The molecular formula is C12H26O6. The number of hydrogen-bond acceptors (Lipinski definition) is 6. The van der Waals surface area contributed by atoms with Gasteiger partial charge in [-0.2, -0.15) is 0 Å². The zero-order valence-corrected chi connectivity index (χ0v) is 11.7. The molecule has 0 saturated heterocycles. The zero-order valence-electron chi connectivity index (χ0n) is 11.7. The first-order chi connectivity index (χ1) is 8.85. The van der Waals surface area contributed by atoms with Crippen molar-refractivity contribution in [3.8, 4) is 0 Å². The molecule has 6 nitrogen and oxygen atoms in total. The first-order valence-electron chi connectivity index (χ1n) is 6.13. The topological polar surface area (TPSA) is 55.4 Å². The van der Waals surface area contributed by atoms with Crippen molar-refractivity contribution in [2.24, 2.45) is 0 Å². The van der Waals surface area contributed by atoms with E-state index in [-0.39, 0.29) is 6.29 Å². The predicted octanol–water partition coefficient (Wildman–Crippen LogP) is 0.692. The number of rotatable bonds is 14. The second kappa shape index (κ2) is 14.8. The Balaban J connectivity index is 3.60. The first-order valence-corrected chi connectivity index (χ1v) is 6.13. The lowest BCUT2D eigenvalue weighted by Crippen LogP contribution is -2.23. The molecule has 0 heterocycles. The van der Waals surface area contributed by atoms with Crippen molar-refractivity contribution in [2.75, 3.05) is 67.6 Å². The average Bonchev–Trinajstić information content (AvgIpc) is 2.38. The third kappa shape index (κ3) is 12.2. The van der Waals surface area contributed by atoms with Crippen LogP contribution < -0.4 is 0 Å². The van der Waals surface area contributed by atoms with Crippen LogP contribution in [0.3, 0.4) is 0 Å². The van der Waals surface area contributed by atoms with Gasteiger partial charge in [-0.15, -0.1) is 0 Å². The molecule has 0 aromatic rings. The molecule has 0 aliphatic heterocycles. The normalized spacial score (nSPS) is 11.3. The van der Waals surface area contributed by atoms with E-state index >= 15 is 0 Å². The Labute approximate surface area is 109 Å². The third-order valence-electron chi connectivity index (χ3n) is 2.11. The van der Waals surface area contributed by atoms with Crippen LogP contribution in [-0.4, -0.2) is 73.9 Å². The van der Waals surface area contributed by atoms with Crippen molar-refractivity contribution in [3.05, 3.63) is 0 Å². The SMILES string of the molecule is COCCOCCC(OCCOC)OCCOC. The van der Waals surface area contributed by atoms with E-state index in [1.807, 2.05) is 0 Å². The van der Waals surface area contributed by atoms with Gasteiger partial charge < -0.3 is 28.4 Å². The molecule has 0 bridgehead atoms. The summed E-state index contributed by atoms with van der Waals surface area (Å²) in [4.78, 5) is 0. The third-order valence-corrected chi connectivity index (χ3v) is 2.11. The van der Waals surface area contributed by atoms with Gasteiger partial charge in [-0.25, -0.2) is 0 Å². The zero-order chi connectivity index (χ0) is 13.5. The van der Waals surface area contributed by atoms with Crippen molar-refractivity contribution in [1.82, 2.24) is 0 Å². The number of hydrogen-bond donors (Lipinski definition) is 0. The fraction of sp³-hybridized carbons (Fsp3) is 1.00. The minimum atomic E-state index is -0.280. The number of ether oxygens (including phenoxy) is 6. The van der Waals surface area contributed by atoms with Crippen molar-refractivity contribution in [2.45, 2.75) is 12.7 Å². The summed E-state index contributed by atoms with van der Waals surface area (Å²) in [5, 5.41) is 0. The minimum Gasteiger partial charge on any atom is -0.382 e. The van der Waals surface area contributed by atoms with Gasteiger partial charge in [0.05, 0.1) is 46.2 Å². The summed E-state index contributed by atoms with van der Waals surface area (Å²) in [6.07, 6.45) is 0.398. The van der Waals surface area contributed by atoms with E-state index in [0.717, 1.165) is 0 Å². The highest BCUT2D eigenvalue weighted by atomic mass is 16.7. The van der Waals surface area contributed by atoms with E-state index in [9.17, 15) is 0 Å². The molecule has 0 radical (unpaired) electrons. The van der Waals surface area contributed by atoms with Crippen LogP contribution in [-0.2, 0) is 28.4 Å². The van der Waals surface area contributed by atoms with Crippen LogP contribution in [0.5, 0.6) is 0 Å². The molecule has 6 heteroatoms. The van der Waals surface area contributed by atoms with E-state index in [4.69, 9.17) is 28.4 Å². The summed E-state index contributed by atoms with van der Waals surface area (Å²) in [5.74, 6) is 0. The fourth-order valence-corrected chi connectivity index (χ4v) is 1.16. The molecule has 0 aromatic heterocycles. The highest BCUT2D eigenvalue weighted by Crippen LogP contribution is 2.02. The molecule has 0 fully saturated rings. The van der Waals surface area contributed by atoms with Crippen LogP contribution in [0.1, 0.15) is 6.42 Å². The standard InChI is InChI=1S/C12H26O6/c1-13-6-9-16-5-4-12(17-10-7-14-2)18-11-8-15-3/h12H,4-11H2,1-3H3. The molecule has 110 valence electrons. The summed E-state index contributed by atoms with van der Waals surface area (Å²) in [7, 11) is 4.92. The van der Waals surface area contributed by atoms with Gasteiger partial charge in [0.25, 0.3) is 0 Å². The molecule has 0 spiro atoms. The van der Waals surface area contributed by atoms with E-state index < -0.39 is 0 Å². The Hall–Kier alpha value is -0.240. The maximum absolute atomic E-state index is 5.52.